The fourth-order valence-corrected chi connectivity index (χ4v) is 3.39. The van der Waals surface area contributed by atoms with Gasteiger partial charge in [0, 0.05) is 17.3 Å². The van der Waals surface area contributed by atoms with Crippen molar-refractivity contribution in [3.05, 3.63) is 11.6 Å². The highest BCUT2D eigenvalue weighted by molar-refractivity contribution is 8.00. The van der Waals surface area contributed by atoms with E-state index in [4.69, 9.17) is 4.74 Å². The number of aromatic nitrogens is 1. The van der Waals surface area contributed by atoms with Crippen molar-refractivity contribution in [2.75, 3.05) is 19.4 Å². The zero-order chi connectivity index (χ0) is 13.4. The minimum atomic E-state index is -0.576. The van der Waals surface area contributed by atoms with Crippen LogP contribution in [0.1, 0.15) is 26.7 Å². The smallest absolute Gasteiger partial charge is 0.325 e. The first-order valence-corrected chi connectivity index (χ1v) is 7.84. The van der Waals surface area contributed by atoms with Crippen LogP contribution in [0.5, 0.6) is 0 Å². The van der Waals surface area contributed by atoms with Gasteiger partial charge in [0.15, 0.2) is 0 Å². The molecule has 1 aromatic rings. The molecule has 4 nitrogen and oxygen atoms in total. The number of nitrogens with zero attached hydrogens (tertiary/aromatic N) is 1. The van der Waals surface area contributed by atoms with Crippen molar-refractivity contribution in [1.82, 2.24) is 10.3 Å². The van der Waals surface area contributed by atoms with Gasteiger partial charge in [-0.2, -0.15) is 0 Å². The maximum absolute atomic E-state index is 11.7. The van der Waals surface area contributed by atoms with Gasteiger partial charge in [-0.1, -0.05) is 18.7 Å². The second-order valence-corrected chi connectivity index (χ2v) is 6.34. The predicted octanol–water partition coefficient (Wildman–Crippen LogP) is 2.56. The molecule has 0 aliphatic carbocycles. The molecule has 1 rings (SSSR count). The Morgan fingerprint density at radius 2 is 2.44 bits per heavy atom. The lowest BCUT2D eigenvalue weighted by Gasteiger charge is -2.27. The monoisotopic (exact) mass is 288 g/mol. The van der Waals surface area contributed by atoms with Crippen LogP contribution < -0.4 is 5.32 Å². The van der Waals surface area contributed by atoms with Crippen LogP contribution in [-0.2, 0) is 9.53 Å². The third-order valence-electron chi connectivity index (χ3n) is 2.66. The summed E-state index contributed by atoms with van der Waals surface area (Å²) < 4.78 is 5.93. The highest BCUT2D eigenvalue weighted by Crippen LogP contribution is 2.23. The Hall–Kier alpha value is -0.590. The molecule has 0 fully saturated rings. The molecule has 0 radical (unpaired) electrons. The van der Waals surface area contributed by atoms with Gasteiger partial charge < -0.3 is 10.1 Å². The van der Waals surface area contributed by atoms with E-state index in [1.54, 1.807) is 23.1 Å². The molecule has 1 atom stereocenters. The predicted molar refractivity (Wildman–Crippen MR) is 76.2 cm³/mol. The van der Waals surface area contributed by atoms with Crippen molar-refractivity contribution < 1.29 is 9.53 Å². The minimum absolute atomic E-state index is 0.191. The van der Waals surface area contributed by atoms with E-state index < -0.39 is 5.54 Å². The number of hydrogen-bond acceptors (Lipinski definition) is 6. The summed E-state index contributed by atoms with van der Waals surface area (Å²) in [4.78, 5) is 16.0. The zero-order valence-corrected chi connectivity index (χ0v) is 12.7. The normalized spacial score (nSPS) is 14.2. The first-order valence-electron chi connectivity index (χ1n) is 5.98. The number of methoxy groups -OCH3 is 1. The quantitative estimate of drug-likeness (QED) is 0.452. The van der Waals surface area contributed by atoms with Crippen LogP contribution in [0.3, 0.4) is 0 Å². The Bertz CT molecular complexity index is 357. The summed E-state index contributed by atoms with van der Waals surface area (Å²) >= 11 is 3.38. The number of carbonyl (C=O) groups excluding carboxylic acids is 1. The Morgan fingerprint density at radius 3 is 3.00 bits per heavy atom. The summed E-state index contributed by atoms with van der Waals surface area (Å²) in [5.41, 5.74) is -0.576. The fraction of sp³-hybridized carbons (Fsp3) is 0.667. The first kappa shape index (κ1) is 15.5. The van der Waals surface area contributed by atoms with E-state index in [0.717, 1.165) is 29.5 Å². The average Bonchev–Trinajstić information content (AvgIpc) is 2.87. The van der Waals surface area contributed by atoms with Crippen molar-refractivity contribution in [3.63, 3.8) is 0 Å². The summed E-state index contributed by atoms with van der Waals surface area (Å²) in [6.45, 7) is 4.65. The van der Waals surface area contributed by atoms with E-state index in [2.05, 4.69) is 10.3 Å². The molecule has 0 saturated heterocycles. The number of hydrogen-bond donors (Lipinski definition) is 1. The summed E-state index contributed by atoms with van der Waals surface area (Å²) in [7, 11) is 1.43. The number of thiazole rings is 1. The summed E-state index contributed by atoms with van der Waals surface area (Å²) in [6.07, 6.45) is 3.53. The SMILES string of the molecule is CCNC(C)(CCCSc1nccs1)C(=O)OC. The third-order valence-corrected chi connectivity index (χ3v) is 4.71. The molecule has 0 bridgehead atoms. The molecule has 0 saturated carbocycles. The Labute approximate surface area is 117 Å². The number of likely N-dealkylation sites (N-methyl/N-ethyl adjacent to an activating group) is 1. The van der Waals surface area contributed by atoms with E-state index >= 15 is 0 Å². The molecular formula is C12H20N2O2S2. The number of carbonyl (C=O) groups is 1. The van der Waals surface area contributed by atoms with Gasteiger partial charge in [0.25, 0.3) is 0 Å². The Morgan fingerprint density at radius 1 is 1.67 bits per heavy atom. The molecule has 0 aromatic carbocycles. The molecule has 0 spiro atoms. The van der Waals surface area contributed by atoms with E-state index in [1.165, 1.54) is 7.11 Å². The average molecular weight is 288 g/mol. The number of esters is 1. The number of rotatable bonds is 8. The number of nitrogens with one attached hydrogen (secondary N) is 1. The van der Waals surface area contributed by atoms with Gasteiger partial charge in [-0.25, -0.2) is 4.98 Å². The third kappa shape index (κ3) is 4.59. The lowest BCUT2D eigenvalue weighted by atomic mass is 9.96. The standard InChI is InChI=1S/C12H20N2O2S2/c1-4-14-12(2,10(15)16-3)6-5-8-17-11-13-7-9-18-11/h7,9,14H,4-6,8H2,1-3H3. The molecule has 1 unspecified atom stereocenters. The van der Waals surface area contributed by atoms with E-state index in [1.807, 2.05) is 25.4 Å². The maximum Gasteiger partial charge on any atom is 0.325 e. The van der Waals surface area contributed by atoms with Crippen molar-refractivity contribution >= 4 is 29.1 Å². The van der Waals surface area contributed by atoms with Crippen LogP contribution in [0.2, 0.25) is 0 Å². The molecule has 102 valence electrons. The minimum Gasteiger partial charge on any atom is -0.468 e. The van der Waals surface area contributed by atoms with E-state index in [9.17, 15) is 4.79 Å². The van der Waals surface area contributed by atoms with Gasteiger partial charge in [-0.3, -0.25) is 4.79 Å². The molecule has 18 heavy (non-hydrogen) atoms. The Balaban J connectivity index is 2.35. The highest BCUT2D eigenvalue weighted by atomic mass is 32.2. The Kier molecular flexibility index (Phi) is 6.67. The zero-order valence-electron chi connectivity index (χ0n) is 11.1. The van der Waals surface area contributed by atoms with Crippen LogP contribution in [0.4, 0.5) is 0 Å². The molecule has 1 heterocycles. The number of thioether (sulfide) groups is 1. The topological polar surface area (TPSA) is 51.2 Å². The van der Waals surface area contributed by atoms with Crippen LogP contribution in [0.15, 0.2) is 15.9 Å². The van der Waals surface area contributed by atoms with Gasteiger partial charge in [-0.05, 0) is 26.3 Å². The summed E-state index contributed by atoms with van der Waals surface area (Å²) in [5, 5.41) is 5.18. The van der Waals surface area contributed by atoms with E-state index in [0.29, 0.717) is 0 Å². The summed E-state index contributed by atoms with van der Waals surface area (Å²) in [6, 6.07) is 0. The van der Waals surface area contributed by atoms with Gasteiger partial charge in [0.1, 0.15) is 9.88 Å². The molecule has 0 amide bonds. The molecule has 0 aliphatic heterocycles. The second-order valence-electron chi connectivity index (χ2n) is 4.10. The lowest BCUT2D eigenvalue weighted by Crippen LogP contribution is -2.50. The number of ether oxygens (including phenoxy) is 1. The fourth-order valence-electron chi connectivity index (χ4n) is 1.74. The summed E-state index contributed by atoms with van der Waals surface area (Å²) in [5.74, 6) is 0.773. The van der Waals surface area contributed by atoms with Gasteiger partial charge in [-0.15, -0.1) is 11.3 Å². The van der Waals surface area contributed by atoms with Gasteiger partial charge in [0.2, 0.25) is 0 Å². The van der Waals surface area contributed by atoms with E-state index in [-0.39, 0.29) is 5.97 Å². The van der Waals surface area contributed by atoms with Crippen molar-refractivity contribution in [2.45, 2.75) is 36.6 Å². The van der Waals surface area contributed by atoms with Crippen molar-refractivity contribution in [1.29, 1.82) is 0 Å². The van der Waals surface area contributed by atoms with Crippen LogP contribution in [0, 0.1) is 0 Å². The van der Waals surface area contributed by atoms with Crippen LogP contribution in [0.25, 0.3) is 0 Å². The highest BCUT2D eigenvalue weighted by Gasteiger charge is 2.32. The first-order chi connectivity index (χ1) is 8.62. The van der Waals surface area contributed by atoms with Gasteiger partial charge >= 0.3 is 5.97 Å². The van der Waals surface area contributed by atoms with Crippen LogP contribution in [-0.4, -0.2) is 35.9 Å². The van der Waals surface area contributed by atoms with Crippen molar-refractivity contribution in [2.24, 2.45) is 0 Å². The molecule has 0 aliphatic rings. The van der Waals surface area contributed by atoms with Crippen LogP contribution >= 0.6 is 23.1 Å². The van der Waals surface area contributed by atoms with Gasteiger partial charge in [0.05, 0.1) is 7.11 Å². The molecule has 1 N–H and O–H groups in total. The van der Waals surface area contributed by atoms with Crippen molar-refractivity contribution in [3.8, 4) is 0 Å². The second kappa shape index (κ2) is 7.76. The lowest BCUT2D eigenvalue weighted by molar-refractivity contribution is -0.148. The molecule has 1 aromatic heterocycles. The largest absolute Gasteiger partial charge is 0.468 e. The molecular weight excluding hydrogens is 268 g/mol. The maximum atomic E-state index is 11.7. The molecule has 6 heteroatoms.